The van der Waals surface area contributed by atoms with Crippen molar-refractivity contribution in [2.75, 3.05) is 19.8 Å². The van der Waals surface area contributed by atoms with E-state index in [1.807, 2.05) is 31.2 Å². The Morgan fingerprint density at radius 1 is 1.09 bits per heavy atom. The van der Waals surface area contributed by atoms with Crippen LogP contribution in [-0.2, 0) is 25.5 Å². The van der Waals surface area contributed by atoms with Crippen molar-refractivity contribution in [1.82, 2.24) is 0 Å². The van der Waals surface area contributed by atoms with Gasteiger partial charge in [0.25, 0.3) is 0 Å². The smallest absolute Gasteiger partial charge is 0.309 e. The number of ether oxygens (including phenoxy) is 3. The van der Waals surface area contributed by atoms with Gasteiger partial charge in [0.1, 0.15) is 5.75 Å². The van der Waals surface area contributed by atoms with E-state index >= 15 is 0 Å². The summed E-state index contributed by atoms with van der Waals surface area (Å²) in [5.74, 6) is -0.539. The lowest BCUT2D eigenvalue weighted by molar-refractivity contribution is -0.154. The molecule has 1 atom stereocenters. The molecule has 0 saturated carbocycles. The van der Waals surface area contributed by atoms with Gasteiger partial charge in [0.2, 0.25) is 0 Å². The van der Waals surface area contributed by atoms with Gasteiger partial charge in [-0.1, -0.05) is 19.1 Å². The van der Waals surface area contributed by atoms with Crippen LogP contribution in [0.3, 0.4) is 0 Å². The van der Waals surface area contributed by atoms with Crippen molar-refractivity contribution in [3.8, 4) is 5.75 Å². The molecule has 0 N–H and O–H groups in total. The van der Waals surface area contributed by atoms with Gasteiger partial charge in [-0.25, -0.2) is 0 Å². The second-order valence-corrected chi connectivity index (χ2v) is 5.16. The van der Waals surface area contributed by atoms with E-state index < -0.39 is 5.92 Å². The summed E-state index contributed by atoms with van der Waals surface area (Å²) < 4.78 is 15.6. The van der Waals surface area contributed by atoms with Crippen molar-refractivity contribution in [1.29, 1.82) is 0 Å². The normalized spacial score (nSPS) is 11.6. The molecule has 0 radical (unpaired) electrons. The molecular formula is C18H26O5. The maximum absolute atomic E-state index is 12.1. The van der Waals surface area contributed by atoms with Crippen LogP contribution in [0.2, 0.25) is 0 Å². The molecule has 0 aliphatic heterocycles. The number of benzene rings is 1. The standard InChI is InChI=1S/C18H26O5/c1-4-10-23-16-9-7-8-14(12-16)11-15(18(20)22-6-3)13-17(19)21-5-2/h7-9,12,15H,4-6,10-11,13H2,1-3H3. The number of hydrogen-bond donors (Lipinski definition) is 0. The second-order valence-electron chi connectivity index (χ2n) is 5.16. The molecular weight excluding hydrogens is 296 g/mol. The Balaban J connectivity index is 2.78. The molecule has 0 fully saturated rings. The highest BCUT2D eigenvalue weighted by Gasteiger charge is 2.24. The average molecular weight is 322 g/mol. The molecule has 5 nitrogen and oxygen atoms in total. The first kappa shape index (κ1) is 19.0. The first-order valence-electron chi connectivity index (χ1n) is 8.14. The van der Waals surface area contributed by atoms with E-state index in [9.17, 15) is 9.59 Å². The first-order chi connectivity index (χ1) is 11.1. The Morgan fingerprint density at radius 3 is 2.48 bits per heavy atom. The molecule has 0 aliphatic carbocycles. The van der Waals surface area contributed by atoms with Gasteiger partial charge >= 0.3 is 11.9 Å². The summed E-state index contributed by atoms with van der Waals surface area (Å²) in [7, 11) is 0. The van der Waals surface area contributed by atoms with E-state index in [1.54, 1.807) is 13.8 Å². The Morgan fingerprint density at radius 2 is 1.83 bits per heavy atom. The lowest BCUT2D eigenvalue weighted by Crippen LogP contribution is -2.24. The van der Waals surface area contributed by atoms with Crippen LogP contribution in [0.15, 0.2) is 24.3 Å². The molecule has 128 valence electrons. The van der Waals surface area contributed by atoms with Gasteiger partial charge in [-0.3, -0.25) is 9.59 Å². The number of esters is 2. The molecule has 0 spiro atoms. The van der Waals surface area contributed by atoms with E-state index in [0.717, 1.165) is 17.7 Å². The highest BCUT2D eigenvalue weighted by atomic mass is 16.5. The predicted molar refractivity (Wildman–Crippen MR) is 87.3 cm³/mol. The van der Waals surface area contributed by atoms with Gasteiger partial charge in [0.15, 0.2) is 0 Å². The third-order valence-corrected chi connectivity index (χ3v) is 3.19. The fraction of sp³-hybridized carbons (Fsp3) is 0.556. The molecule has 0 saturated heterocycles. The van der Waals surface area contributed by atoms with Gasteiger partial charge in [-0.2, -0.15) is 0 Å². The first-order valence-corrected chi connectivity index (χ1v) is 8.14. The van der Waals surface area contributed by atoms with Crippen LogP contribution < -0.4 is 4.74 Å². The molecule has 1 aromatic rings. The van der Waals surface area contributed by atoms with E-state index in [2.05, 4.69) is 0 Å². The summed E-state index contributed by atoms with van der Waals surface area (Å²) in [6.07, 6.45) is 1.37. The number of hydrogen-bond acceptors (Lipinski definition) is 5. The van der Waals surface area contributed by atoms with Crippen molar-refractivity contribution < 1.29 is 23.8 Å². The van der Waals surface area contributed by atoms with Crippen LogP contribution in [0.4, 0.5) is 0 Å². The third-order valence-electron chi connectivity index (χ3n) is 3.19. The van der Waals surface area contributed by atoms with Crippen LogP contribution in [0.5, 0.6) is 5.75 Å². The topological polar surface area (TPSA) is 61.8 Å². The summed E-state index contributed by atoms with van der Waals surface area (Å²) in [4.78, 5) is 23.8. The number of carbonyl (C=O) groups excluding carboxylic acids is 2. The third kappa shape index (κ3) is 7.17. The lowest BCUT2D eigenvalue weighted by atomic mass is 9.96. The van der Waals surface area contributed by atoms with Crippen LogP contribution in [0.25, 0.3) is 0 Å². The zero-order valence-corrected chi connectivity index (χ0v) is 14.2. The van der Waals surface area contributed by atoms with E-state index in [-0.39, 0.29) is 25.0 Å². The minimum Gasteiger partial charge on any atom is -0.494 e. The van der Waals surface area contributed by atoms with Gasteiger partial charge in [0.05, 0.1) is 32.2 Å². The quantitative estimate of drug-likeness (QED) is 0.619. The fourth-order valence-corrected chi connectivity index (χ4v) is 2.19. The molecule has 0 aliphatic rings. The Labute approximate surface area is 137 Å². The lowest BCUT2D eigenvalue weighted by Gasteiger charge is -2.15. The van der Waals surface area contributed by atoms with Crippen LogP contribution in [0.1, 0.15) is 39.2 Å². The molecule has 23 heavy (non-hydrogen) atoms. The van der Waals surface area contributed by atoms with E-state index in [1.165, 1.54) is 0 Å². The summed E-state index contributed by atoms with van der Waals surface area (Å²) in [6, 6.07) is 7.57. The summed E-state index contributed by atoms with van der Waals surface area (Å²) >= 11 is 0. The number of rotatable bonds is 10. The van der Waals surface area contributed by atoms with Crippen LogP contribution >= 0.6 is 0 Å². The average Bonchev–Trinajstić information content (AvgIpc) is 2.53. The van der Waals surface area contributed by atoms with E-state index in [0.29, 0.717) is 19.6 Å². The minimum atomic E-state index is -0.546. The summed E-state index contributed by atoms with van der Waals surface area (Å²) in [5.41, 5.74) is 0.931. The molecule has 0 heterocycles. The minimum absolute atomic E-state index is 0.0206. The molecule has 1 aromatic carbocycles. The Bertz CT molecular complexity index is 498. The zero-order valence-electron chi connectivity index (χ0n) is 14.2. The van der Waals surface area contributed by atoms with Crippen LogP contribution in [0, 0.1) is 5.92 Å². The molecule has 1 rings (SSSR count). The van der Waals surface area contributed by atoms with Crippen molar-refractivity contribution >= 4 is 11.9 Å². The van der Waals surface area contributed by atoms with Gasteiger partial charge in [-0.05, 0) is 44.4 Å². The fourth-order valence-electron chi connectivity index (χ4n) is 2.19. The molecule has 0 bridgehead atoms. The maximum atomic E-state index is 12.1. The Kier molecular flexibility index (Phi) is 8.80. The summed E-state index contributed by atoms with van der Waals surface area (Å²) in [5, 5.41) is 0. The Hall–Kier alpha value is -2.04. The molecule has 0 aromatic heterocycles. The van der Waals surface area contributed by atoms with Crippen molar-refractivity contribution in [3.05, 3.63) is 29.8 Å². The SMILES string of the molecule is CCCOc1cccc(CC(CC(=O)OCC)C(=O)OCC)c1. The van der Waals surface area contributed by atoms with Crippen molar-refractivity contribution in [2.45, 2.75) is 40.0 Å². The highest BCUT2D eigenvalue weighted by molar-refractivity contribution is 5.80. The van der Waals surface area contributed by atoms with Crippen molar-refractivity contribution in [2.24, 2.45) is 5.92 Å². The summed E-state index contributed by atoms with van der Waals surface area (Å²) in [6.45, 7) is 6.77. The largest absolute Gasteiger partial charge is 0.494 e. The van der Waals surface area contributed by atoms with Gasteiger partial charge in [0, 0.05) is 0 Å². The van der Waals surface area contributed by atoms with E-state index in [4.69, 9.17) is 14.2 Å². The highest BCUT2D eigenvalue weighted by Crippen LogP contribution is 2.20. The molecule has 5 heteroatoms. The number of carbonyl (C=O) groups is 2. The second kappa shape index (κ2) is 10.6. The maximum Gasteiger partial charge on any atom is 0.309 e. The van der Waals surface area contributed by atoms with Crippen molar-refractivity contribution in [3.63, 3.8) is 0 Å². The molecule has 0 amide bonds. The van der Waals surface area contributed by atoms with Crippen LogP contribution in [-0.4, -0.2) is 31.8 Å². The van der Waals surface area contributed by atoms with Gasteiger partial charge < -0.3 is 14.2 Å². The van der Waals surface area contributed by atoms with Gasteiger partial charge in [-0.15, -0.1) is 0 Å². The molecule has 1 unspecified atom stereocenters. The predicted octanol–water partition coefficient (Wildman–Crippen LogP) is 3.15. The monoisotopic (exact) mass is 322 g/mol. The zero-order chi connectivity index (χ0) is 17.1.